The second-order valence-electron chi connectivity index (χ2n) is 4.26. The lowest BCUT2D eigenvalue weighted by Gasteiger charge is -2.11. The second kappa shape index (κ2) is 6.74. The summed E-state index contributed by atoms with van der Waals surface area (Å²) in [6.07, 6.45) is 0. The van der Waals surface area contributed by atoms with Gasteiger partial charge in [0.25, 0.3) is 0 Å². The Morgan fingerprint density at radius 1 is 1.29 bits per heavy atom. The summed E-state index contributed by atoms with van der Waals surface area (Å²) < 4.78 is 24.0. The van der Waals surface area contributed by atoms with E-state index < -0.39 is 5.82 Å². The van der Waals surface area contributed by atoms with Gasteiger partial charge in [0.1, 0.15) is 28.9 Å². The van der Waals surface area contributed by atoms with Crippen LogP contribution < -0.4 is 15.2 Å². The Hall–Kier alpha value is -1.85. The number of halogens is 2. The van der Waals surface area contributed by atoms with Crippen molar-refractivity contribution in [2.24, 2.45) is 5.73 Å². The van der Waals surface area contributed by atoms with Crippen LogP contribution in [0.1, 0.15) is 11.1 Å². The molecule has 0 aliphatic carbocycles. The maximum absolute atomic E-state index is 13.3. The van der Waals surface area contributed by atoms with Crippen LogP contribution in [-0.4, -0.2) is 12.1 Å². The van der Waals surface area contributed by atoms with E-state index in [0.29, 0.717) is 17.1 Å². The maximum atomic E-state index is 13.3. The topological polar surface area (TPSA) is 44.5 Å². The third kappa shape index (κ3) is 3.83. The molecule has 0 bridgehead atoms. The van der Waals surface area contributed by atoms with Crippen molar-refractivity contribution >= 4 is 28.8 Å². The zero-order chi connectivity index (χ0) is 15.4. The molecule has 0 unspecified atom stereocenters. The molecule has 0 amide bonds. The number of thiocarbonyl (C=S) groups is 1. The van der Waals surface area contributed by atoms with Crippen LogP contribution in [0.2, 0.25) is 5.02 Å². The van der Waals surface area contributed by atoms with Crippen LogP contribution in [0.3, 0.4) is 0 Å². The summed E-state index contributed by atoms with van der Waals surface area (Å²) in [5.74, 6) is 0.473. The Balaban J connectivity index is 2.14. The Morgan fingerprint density at radius 2 is 2.05 bits per heavy atom. The molecule has 0 spiro atoms. The minimum Gasteiger partial charge on any atom is -0.496 e. The highest BCUT2D eigenvalue weighted by Crippen LogP contribution is 2.23. The van der Waals surface area contributed by atoms with E-state index in [1.54, 1.807) is 25.3 Å². The molecule has 2 aromatic carbocycles. The number of hydrogen-bond donors (Lipinski definition) is 1. The first-order valence-corrected chi connectivity index (χ1v) is 6.84. The summed E-state index contributed by atoms with van der Waals surface area (Å²) in [4.78, 5) is 0.242. The van der Waals surface area contributed by atoms with Crippen LogP contribution in [0.25, 0.3) is 0 Å². The molecule has 0 radical (unpaired) electrons. The van der Waals surface area contributed by atoms with Crippen molar-refractivity contribution in [1.82, 2.24) is 0 Å². The molecule has 6 heteroatoms. The molecule has 2 N–H and O–H groups in total. The molecule has 0 saturated carbocycles. The van der Waals surface area contributed by atoms with Gasteiger partial charge < -0.3 is 15.2 Å². The van der Waals surface area contributed by atoms with E-state index >= 15 is 0 Å². The summed E-state index contributed by atoms with van der Waals surface area (Å²) in [7, 11) is 1.55. The van der Waals surface area contributed by atoms with Crippen molar-refractivity contribution in [2.75, 3.05) is 7.11 Å². The Kier molecular flexibility index (Phi) is 4.98. The van der Waals surface area contributed by atoms with Crippen LogP contribution in [0.15, 0.2) is 36.4 Å². The Bertz CT molecular complexity index is 679. The van der Waals surface area contributed by atoms with Crippen molar-refractivity contribution in [3.05, 3.63) is 58.4 Å². The zero-order valence-electron chi connectivity index (χ0n) is 11.2. The van der Waals surface area contributed by atoms with Gasteiger partial charge in [-0.1, -0.05) is 29.9 Å². The highest BCUT2D eigenvalue weighted by atomic mass is 35.5. The molecule has 0 atom stereocenters. The molecule has 0 aromatic heterocycles. The highest BCUT2D eigenvalue weighted by Gasteiger charge is 2.08. The van der Waals surface area contributed by atoms with Gasteiger partial charge in [-0.15, -0.1) is 0 Å². The number of hydrogen-bond acceptors (Lipinski definition) is 3. The smallest absolute Gasteiger partial charge is 0.145 e. The standard InChI is InChI=1S/C15H13ClFNO2S/c1-19-14-5-2-9(6-11(14)15(18)21)8-20-10-3-4-12(16)13(17)7-10/h2-7H,8H2,1H3,(H2,18,21). The van der Waals surface area contributed by atoms with Crippen molar-refractivity contribution in [2.45, 2.75) is 6.61 Å². The van der Waals surface area contributed by atoms with Crippen LogP contribution >= 0.6 is 23.8 Å². The molecular weight excluding hydrogens is 313 g/mol. The third-order valence-corrected chi connectivity index (χ3v) is 3.35. The van der Waals surface area contributed by atoms with Gasteiger partial charge in [-0.3, -0.25) is 0 Å². The first kappa shape index (κ1) is 15.5. The van der Waals surface area contributed by atoms with Gasteiger partial charge in [-0.2, -0.15) is 0 Å². The number of ether oxygens (including phenoxy) is 2. The van der Waals surface area contributed by atoms with E-state index in [0.717, 1.165) is 5.56 Å². The van der Waals surface area contributed by atoms with Crippen LogP contribution in [0, 0.1) is 5.82 Å². The molecule has 110 valence electrons. The quantitative estimate of drug-likeness (QED) is 0.851. The average Bonchev–Trinajstić information content (AvgIpc) is 2.48. The number of methoxy groups -OCH3 is 1. The monoisotopic (exact) mass is 325 g/mol. The number of rotatable bonds is 5. The fraction of sp³-hybridized carbons (Fsp3) is 0.133. The van der Waals surface area contributed by atoms with Gasteiger partial charge in [0.15, 0.2) is 0 Å². The van der Waals surface area contributed by atoms with E-state index in [-0.39, 0.29) is 16.6 Å². The summed E-state index contributed by atoms with van der Waals surface area (Å²) in [5, 5.41) is 0.0579. The molecule has 0 saturated heterocycles. The minimum atomic E-state index is -0.521. The molecule has 0 aliphatic rings. The maximum Gasteiger partial charge on any atom is 0.145 e. The molecule has 3 nitrogen and oxygen atoms in total. The van der Waals surface area contributed by atoms with Crippen LogP contribution in [0.4, 0.5) is 4.39 Å². The van der Waals surface area contributed by atoms with Crippen LogP contribution in [0.5, 0.6) is 11.5 Å². The van der Waals surface area contributed by atoms with Crippen molar-refractivity contribution in [1.29, 1.82) is 0 Å². The number of benzene rings is 2. The summed E-state index contributed by atoms with van der Waals surface area (Å²) in [6, 6.07) is 9.65. The van der Waals surface area contributed by atoms with Gasteiger partial charge in [-0.05, 0) is 29.8 Å². The van der Waals surface area contributed by atoms with Gasteiger partial charge in [0.2, 0.25) is 0 Å². The lowest BCUT2D eigenvalue weighted by Crippen LogP contribution is -2.12. The first-order valence-electron chi connectivity index (χ1n) is 6.06. The molecule has 21 heavy (non-hydrogen) atoms. The zero-order valence-corrected chi connectivity index (χ0v) is 12.8. The largest absolute Gasteiger partial charge is 0.496 e. The second-order valence-corrected chi connectivity index (χ2v) is 5.11. The fourth-order valence-corrected chi connectivity index (χ4v) is 2.05. The average molecular weight is 326 g/mol. The van der Waals surface area contributed by atoms with E-state index in [1.165, 1.54) is 12.1 Å². The van der Waals surface area contributed by atoms with Gasteiger partial charge >= 0.3 is 0 Å². The van der Waals surface area contributed by atoms with Crippen molar-refractivity contribution in [3.63, 3.8) is 0 Å². The summed E-state index contributed by atoms with van der Waals surface area (Å²) in [5.41, 5.74) is 7.13. The van der Waals surface area contributed by atoms with E-state index in [2.05, 4.69) is 0 Å². The SMILES string of the molecule is COc1ccc(COc2ccc(Cl)c(F)c2)cc1C(N)=S. The minimum absolute atomic E-state index is 0.0579. The van der Waals surface area contributed by atoms with Gasteiger partial charge in [0.05, 0.1) is 17.7 Å². The van der Waals surface area contributed by atoms with Crippen LogP contribution in [-0.2, 0) is 6.61 Å². The normalized spacial score (nSPS) is 10.2. The lowest BCUT2D eigenvalue weighted by molar-refractivity contribution is 0.304. The molecule has 2 aromatic rings. The Morgan fingerprint density at radius 3 is 2.67 bits per heavy atom. The molecule has 0 heterocycles. The van der Waals surface area contributed by atoms with E-state index in [1.807, 2.05) is 6.07 Å². The fourth-order valence-electron chi connectivity index (χ4n) is 1.77. The first-order chi connectivity index (χ1) is 10.0. The Labute approximate surface area is 132 Å². The summed E-state index contributed by atoms with van der Waals surface area (Å²) in [6.45, 7) is 0.251. The lowest BCUT2D eigenvalue weighted by atomic mass is 10.1. The highest BCUT2D eigenvalue weighted by molar-refractivity contribution is 7.80. The van der Waals surface area contributed by atoms with Crippen molar-refractivity contribution < 1.29 is 13.9 Å². The molecule has 0 fully saturated rings. The van der Waals surface area contributed by atoms with Crippen molar-refractivity contribution in [3.8, 4) is 11.5 Å². The predicted molar refractivity (Wildman–Crippen MR) is 84.6 cm³/mol. The van der Waals surface area contributed by atoms with E-state index in [4.69, 9.17) is 39.0 Å². The molecule has 2 rings (SSSR count). The van der Waals surface area contributed by atoms with Gasteiger partial charge in [0, 0.05) is 6.07 Å². The molecule has 0 aliphatic heterocycles. The molecular formula is C15H13ClFNO2S. The predicted octanol–water partition coefficient (Wildman–Crippen LogP) is 3.70. The van der Waals surface area contributed by atoms with E-state index in [9.17, 15) is 4.39 Å². The third-order valence-electron chi connectivity index (χ3n) is 2.83. The van der Waals surface area contributed by atoms with Gasteiger partial charge in [-0.25, -0.2) is 4.39 Å². The summed E-state index contributed by atoms with van der Waals surface area (Å²) >= 11 is 10.6. The number of nitrogens with two attached hydrogens (primary N) is 1.